The molecule has 0 aliphatic heterocycles. The zero-order valence-corrected chi connectivity index (χ0v) is 10.9. The van der Waals surface area contributed by atoms with Gasteiger partial charge in [-0.15, -0.1) is 0 Å². The molecule has 0 aromatic heterocycles. The van der Waals surface area contributed by atoms with Gasteiger partial charge in [-0.2, -0.15) is 0 Å². The highest BCUT2D eigenvalue weighted by Gasteiger charge is 2.02. The van der Waals surface area contributed by atoms with E-state index in [1.807, 2.05) is 30.3 Å². The lowest BCUT2D eigenvalue weighted by molar-refractivity contribution is 0.262. The molecular formula is C14H13N3OS. The first kappa shape index (κ1) is 13.0. The molecule has 0 heterocycles. The minimum absolute atomic E-state index is 0.297. The number of urea groups is 1. The summed E-state index contributed by atoms with van der Waals surface area (Å²) in [5.41, 5.74) is 7.68. The summed E-state index contributed by atoms with van der Waals surface area (Å²) >= 11 is 4.86. The van der Waals surface area contributed by atoms with E-state index in [1.165, 1.54) is 0 Å². The molecule has 2 amide bonds. The summed E-state index contributed by atoms with van der Waals surface area (Å²) in [6.07, 6.45) is 0. The minimum Gasteiger partial charge on any atom is -0.389 e. The zero-order chi connectivity index (χ0) is 13.7. The molecule has 0 saturated carbocycles. The molecule has 5 heteroatoms. The van der Waals surface area contributed by atoms with Gasteiger partial charge in [0, 0.05) is 16.9 Å². The maximum atomic E-state index is 11.7. The van der Waals surface area contributed by atoms with E-state index in [9.17, 15) is 4.79 Å². The Morgan fingerprint density at radius 2 is 1.42 bits per heavy atom. The molecule has 4 nitrogen and oxygen atoms in total. The van der Waals surface area contributed by atoms with Crippen molar-refractivity contribution >= 4 is 34.6 Å². The van der Waals surface area contributed by atoms with Crippen LogP contribution >= 0.6 is 12.2 Å². The predicted molar refractivity (Wildman–Crippen MR) is 81.4 cm³/mol. The van der Waals surface area contributed by atoms with Crippen LogP contribution in [0.1, 0.15) is 5.56 Å². The first-order chi connectivity index (χ1) is 9.15. The van der Waals surface area contributed by atoms with Crippen LogP contribution in [0.3, 0.4) is 0 Å². The van der Waals surface area contributed by atoms with Crippen LogP contribution in [0.5, 0.6) is 0 Å². The van der Waals surface area contributed by atoms with Gasteiger partial charge in [0.05, 0.1) is 0 Å². The van der Waals surface area contributed by atoms with E-state index in [0.717, 1.165) is 11.3 Å². The second kappa shape index (κ2) is 5.97. The monoisotopic (exact) mass is 271 g/mol. The first-order valence-corrected chi connectivity index (χ1v) is 6.09. The fraction of sp³-hybridized carbons (Fsp3) is 0. The van der Waals surface area contributed by atoms with Gasteiger partial charge in [0.2, 0.25) is 0 Å². The van der Waals surface area contributed by atoms with Gasteiger partial charge in [0.1, 0.15) is 4.99 Å². The van der Waals surface area contributed by atoms with E-state index in [2.05, 4.69) is 10.6 Å². The summed E-state index contributed by atoms with van der Waals surface area (Å²) in [5.74, 6) is 0. The first-order valence-electron chi connectivity index (χ1n) is 5.68. The number of hydrogen-bond donors (Lipinski definition) is 3. The van der Waals surface area contributed by atoms with E-state index in [1.54, 1.807) is 24.3 Å². The van der Waals surface area contributed by atoms with Crippen molar-refractivity contribution in [2.75, 3.05) is 10.6 Å². The van der Waals surface area contributed by atoms with Crippen LogP contribution in [0.15, 0.2) is 54.6 Å². The molecule has 19 heavy (non-hydrogen) atoms. The molecule has 0 aliphatic rings. The smallest absolute Gasteiger partial charge is 0.323 e. The Hall–Kier alpha value is -2.40. The molecule has 0 saturated heterocycles. The van der Waals surface area contributed by atoms with Gasteiger partial charge < -0.3 is 16.4 Å². The number of benzene rings is 2. The second-order valence-corrected chi connectivity index (χ2v) is 4.33. The van der Waals surface area contributed by atoms with Crippen LogP contribution in [0.25, 0.3) is 0 Å². The number of nitrogens with two attached hydrogens (primary N) is 1. The van der Waals surface area contributed by atoms with Crippen LogP contribution in [0, 0.1) is 0 Å². The van der Waals surface area contributed by atoms with Crippen molar-refractivity contribution in [3.8, 4) is 0 Å². The number of rotatable bonds is 3. The predicted octanol–water partition coefficient (Wildman–Crippen LogP) is 2.96. The summed E-state index contributed by atoms with van der Waals surface area (Å²) in [5, 5.41) is 5.45. The van der Waals surface area contributed by atoms with Crippen LogP contribution in [-0.4, -0.2) is 11.0 Å². The lowest BCUT2D eigenvalue weighted by Gasteiger charge is -2.08. The lowest BCUT2D eigenvalue weighted by Crippen LogP contribution is -2.19. The lowest BCUT2D eigenvalue weighted by atomic mass is 10.2. The number of carbonyl (C=O) groups is 1. The van der Waals surface area contributed by atoms with Gasteiger partial charge in [-0.25, -0.2) is 4.79 Å². The third kappa shape index (κ3) is 3.79. The average molecular weight is 271 g/mol. The van der Waals surface area contributed by atoms with Crippen molar-refractivity contribution in [1.82, 2.24) is 0 Å². The Labute approximate surface area is 116 Å². The number of para-hydroxylation sites is 1. The molecule has 0 unspecified atom stereocenters. The summed E-state index contributed by atoms with van der Waals surface area (Å²) in [7, 11) is 0. The topological polar surface area (TPSA) is 67.1 Å². The highest BCUT2D eigenvalue weighted by atomic mass is 32.1. The quantitative estimate of drug-likeness (QED) is 0.752. The molecule has 0 spiro atoms. The Balaban J connectivity index is 1.97. The summed E-state index contributed by atoms with van der Waals surface area (Å²) in [6, 6.07) is 16.0. The Kier molecular flexibility index (Phi) is 4.10. The molecule has 0 bridgehead atoms. The summed E-state index contributed by atoms with van der Waals surface area (Å²) in [6.45, 7) is 0. The number of amides is 2. The fourth-order valence-corrected chi connectivity index (χ4v) is 1.67. The van der Waals surface area contributed by atoms with Gasteiger partial charge in [0.25, 0.3) is 0 Å². The van der Waals surface area contributed by atoms with Crippen LogP contribution < -0.4 is 16.4 Å². The van der Waals surface area contributed by atoms with Crippen LogP contribution in [-0.2, 0) is 0 Å². The third-order valence-electron chi connectivity index (χ3n) is 2.46. The fourth-order valence-electron chi connectivity index (χ4n) is 1.53. The normalized spacial score (nSPS) is 9.68. The maximum Gasteiger partial charge on any atom is 0.323 e. The molecule has 4 N–H and O–H groups in total. The number of thiocarbonyl (C=S) groups is 1. The maximum absolute atomic E-state index is 11.7. The molecule has 0 fully saturated rings. The van der Waals surface area contributed by atoms with E-state index in [4.69, 9.17) is 18.0 Å². The SMILES string of the molecule is NC(=S)c1ccc(NC(=O)Nc2ccccc2)cc1. The Bertz CT molecular complexity index is 581. The van der Waals surface area contributed by atoms with Crippen molar-refractivity contribution in [2.24, 2.45) is 5.73 Å². The van der Waals surface area contributed by atoms with Gasteiger partial charge >= 0.3 is 6.03 Å². The largest absolute Gasteiger partial charge is 0.389 e. The zero-order valence-electron chi connectivity index (χ0n) is 10.1. The van der Waals surface area contributed by atoms with Crippen molar-refractivity contribution < 1.29 is 4.79 Å². The highest BCUT2D eigenvalue weighted by molar-refractivity contribution is 7.80. The number of hydrogen-bond acceptors (Lipinski definition) is 2. The van der Waals surface area contributed by atoms with Gasteiger partial charge in [-0.3, -0.25) is 0 Å². The van der Waals surface area contributed by atoms with Crippen molar-refractivity contribution in [2.45, 2.75) is 0 Å². The molecule has 0 aliphatic carbocycles. The van der Waals surface area contributed by atoms with Crippen molar-refractivity contribution in [3.05, 3.63) is 60.2 Å². The van der Waals surface area contributed by atoms with Crippen molar-refractivity contribution in [1.29, 1.82) is 0 Å². The number of anilines is 2. The van der Waals surface area contributed by atoms with Crippen LogP contribution in [0.2, 0.25) is 0 Å². The van der Waals surface area contributed by atoms with E-state index in [0.29, 0.717) is 10.7 Å². The van der Waals surface area contributed by atoms with Gasteiger partial charge in [0.15, 0.2) is 0 Å². The standard InChI is InChI=1S/C14H13N3OS/c15-13(19)10-6-8-12(9-7-10)17-14(18)16-11-4-2-1-3-5-11/h1-9H,(H2,15,19)(H2,16,17,18). The van der Waals surface area contributed by atoms with E-state index < -0.39 is 0 Å². The molecule has 0 atom stereocenters. The number of nitrogens with one attached hydrogen (secondary N) is 2. The Morgan fingerprint density at radius 1 is 0.895 bits per heavy atom. The molecule has 2 rings (SSSR count). The minimum atomic E-state index is -0.297. The average Bonchev–Trinajstić information content (AvgIpc) is 2.40. The van der Waals surface area contributed by atoms with E-state index >= 15 is 0 Å². The summed E-state index contributed by atoms with van der Waals surface area (Å²) < 4.78 is 0. The molecule has 2 aromatic rings. The molecule has 2 aromatic carbocycles. The second-order valence-electron chi connectivity index (χ2n) is 3.89. The number of carbonyl (C=O) groups excluding carboxylic acids is 1. The molecular weight excluding hydrogens is 258 g/mol. The van der Waals surface area contributed by atoms with Crippen molar-refractivity contribution in [3.63, 3.8) is 0 Å². The van der Waals surface area contributed by atoms with Gasteiger partial charge in [-0.1, -0.05) is 30.4 Å². The molecule has 0 radical (unpaired) electrons. The van der Waals surface area contributed by atoms with E-state index in [-0.39, 0.29) is 6.03 Å². The highest BCUT2D eigenvalue weighted by Crippen LogP contribution is 2.11. The summed E-state index contributed by atoms with van der Waals surface area (Å²) in [4.78, 5) is 12.1. The third-order valence-corrected chi connectivity index (χ3v) is 2.69. The van der Waals surface area contributed by atoms with Gasteiger partial charge in [-0.05, 0) is 36.4 Å². The molecule has 96 valence electrons. The van der Waals surface area contributed by atoms with Crippen LogP contribution in [0.4, 0.5) is 16.2 Å². The Morgan fingerprint density at radius 3 is 1.95 bits per heavy atom.